The molecule has 3 aromatic rings. The van der Waals surface area contributed by atoms with Gasteiger partial charge in [0.05, 0.1) is 32.8 Å². The third kappa shape index (κ3) is 6.13. The first-order chi connectivity index (χ1) is 15.9. The first-order valence-corrected chi connectivity index (χ1v) is 12.8. The van der Waals surface area contributed by atoms with E-state index in [0.717, 1.165) is 5.39 Å². The quantitative estimate of drug-likeness (QED) is 0.427. The zero-order valence-corrected chi connectivity index (χ0v) is 21.0. The van der Waals surface area contributed by atoms with Crippen LogP contribution in [0.2, 0.25) is 0 Å². The molecular weight excluding hydrogens is 458 g/mol. The molecule has 182 valence electrons. The SMILES string of the molecule is CCOC(=O)c1cc(Oc2ccc(S(C)(=O)=NC(=O)OC(C)(C)C)cc2)c2cn(CC)nc2c1. The lowest BCUT2D eigenvalue weighted by atomic mass is 10.1. The number of rotatable bonds is 6. The van der Waals surface area contributed by atoms with Crippen LogP contribution in [0.5, 0.6) is 11.5 Å². The topological polar surface area (TPSA) is 109 Å². The summed E-state index contributed by atoms with van der Waals surface area (Å²) in [6.45, 7) is 9.74. The molecule has 3 rings (SSSR count). The monoisotopic (exact) mass is 487 g/mol. The van der Waals surface area contributed by atoms with Crippen molar-refractivity contribution in [3.63, 3.8) is 0 Å². The molecule has 1 heterocycles. The van der Waals surface area contributed by atoms with Crippen LogP contribution >= 0.6 is 0 Å². The van der Waals surface area contributed by atoms with Crippen molar-refractivity contribution in [3.05, 3.63) is 48.2 Å². The predicted molar refractivity (Wildman–Crippen MR) is 129 cm³/mol. The van der Waals surface area contributed by atoms with E-state index in [1.165, 1.54) is 6.26 Å². The van der Waals surface area contributed by atoms with E-state index in [1.807, 2.05) is 13.1 Å². The van der Waals surface area contributed by atoms with Crippen LogP contribution < -0.4 is 4.74 Å². The van der Waals surface area contributed by atoms with Crippen molar-refractivity contribution in [2.75, 3.05) is 12.9 Å². The Morgan fingerprint density at radius 1 is 1.12 bits per heavy atom. The van der Waals surface area contributed by atoms with Crippen LogP contribution in [0.25, 0.3) is 10.9 Å². The standard InChI is InChI=1S/C24H29N3O6S/c1-7-27-15-19-20(25-27)13-16(22(28)31-8-2)14-21(19)32-17-9-11-18(12-10-17)34(6,30)26-23(29)33-24(3,4)5/h9-15H,7-8H2,1-6H3. The van der Waals surface area contributed by atoms with Crippen molar-refractivity contribution in [1.29, 1.82) is 0 Å². The van der Waals surface area contributed by atoms with Crippen LogP contribution in [0, 0.1) is 0 Å². The number of hydrogen-bond acceptors (Lipinski definition) is 7. The molecule has 1 amide bonds. The highest BCUT2D eigenvalue weighted by Crippen LogP contribution is 2.32. The first kappa shape index (κ1) is 25.2. The summed E-state index contributed by atoms with van der Waals surface area (Å²) in [5.41, 5.74) is 0.199. The number of aromatic nitrogens is 2. The van der Waals surface area contributed by atoms with E-state index in [2.05, 4.69) is 9.46 Å². The Kier molecular flexibility index (Phi) is 7.30. The first-order valence-electron chi connectivity index (χ1n) is 10.8. The lowest BCUT2D eigenvalue weighted by Gasteiger charge is -2.17. The maximum Gasteiger partial charge on any atom is 0.442 e. The molecule has 2 aromatic carbocycles. The number of benzene rings is 2. The Morgan fingerprint density at radius 3 is 2.38 bits per heavy atom. The molecule has 0 aliphatic heterocycles. The van der Waals surface area contributed by atoms with Crippen molar-refractivity contribution in [2.45, 2.75) is 51.7 Å². The molecule has 9 nitrogen and oxygen atoms in total. The minimum Gasteiger partial charge on any atom is -0.462 e. The van der Waals surface area contributed by atoms with E-state index in [9.17, 15) is 13.8 Å². The second kappa shape index (κ2) is 9.84. The van der Waals surface area contributed by atoms with Crippen molar-refractivity contribution >= 4 is 32.7 Å². The maximum atomic E-state index is 13.0. The number of aryl methyl sites for hydroxylation is 1. The molecule has 0 fully saturated rings. The summed E-state index contributed by atoms with van der Waals surface area (Å²) in [5, 5.41) is 5.21. The third-order valence-corrected chi connectivity index (χ3v) is 6.25. The molecular formula is C24H29N3O6S. The van der Waals surface area contributed by atoms with Gasteiger partial charge >= 0.3 is 12.1 Å². The molecule has 0 radical (unpaired) electrons. The predicted octanol–water partition coefficient (Wildman–Crippen LogP) is 5.42. The summed E-state index contributed by atoms with van der Waals surface area (Å²) in [5.74, 6) is 0.413. The molecule has 0 N–H and O–H groups in total. The molecule has 10 heteroatoms. The van der Waals surface area contributed by atoms with Gasteiger partial charge in [-0.3, -0.25) is 4.68 Å². The summed E-state index contributed by atoms with van der Waals surface area (Å²) in [7, 11) is -3.01. The number of carbonyl (C=O) groups is 2. The van der Waals surface area contributed by atoms with Crippen LogP contribution in [0.3, 0.4) is 0 Å². The molecule has 0 spiro atoms. The molecule has 0 saturated carbocycles. The van der Waals surface area contributed by atoms with Gasteiger partial charge in [0, 0.05) is 23.9 Å². The van der Waals surface area contributed by atoms with Crippen LogP contribution in [0.1, 0.15) is 45.0 Å². The number of ether oxygens (including phenoxy) is 3. The van der Waals surface area contributed by atoms with Gasteiger partial charge in [-0.05, 0) is 71.0 Å². The molecule has 0 aliphatic rings. The molecule has 0 aliphatic carbocycles. The fourth-order valence-corrected chi connectivity index (χ4v) is 4.15. The summed E-state index contributed by atoms with van der Waals surface area (Å²) in [6, 6.07) is 9.67. The highest BCUT2D eigenvalue weighted by atomic mass is 32.2. The highest BCUT2D eigenvalue weighted by molar-refractivity contribution is 7.93. The molecule has 1 atom stereocenters. The lowest BCUT2D eigenvalue weighted by molar-refractivity contribution is 0.0525. The van der Waals surface area contributed by atoms with Gasteiger partial charge in [-0.1, -0.05) is 0 Å². The number of fused-ring (bicyclic) bond motifs is 1. The van der Waals surface area contributed by atoms with Crippen molar-refractivity contribution in [3.8, 4) is 11.5 Å². The van der Waals surface area contributed by atoms with Crippen LogP contribution in [0.4, 0.5) is 4.79 Å². The fraction of sp³-hybridized carbons (Fsp3) is 0.375. The van der Waals surface area contributed by atoms with E-state index >= 15 is 0 Å². The molecule has 1 unspecified atom stereocenters. The van der Waals surface area contributed by atoms with Crippen molar-refractivity contribution < 1.29 is 28.0 Å². The van der Waals surface area contributed by atoms with Crippen LogP contribution in [-0.2, 0) is 25.7 Å². The minimum absolute atomic E-state index is 0.253. The van der Waals surface area contributed by atoms with Gasteiger partial charge < -0.3 is 14.2 Å². The Morgan fingerprint density at radius 2 is 1.79 bits per heavy atom. The normalized spacial score (nSPS) is 13.2. The van der Waals surface area contributed by atoms with E-state index in [-0.39, 0.29) is 6.61 Å². The average molecular weight is 488 g/mol. The summed E-state index contributed by atoms with van der Waals surface area (Å²) in [6.07, 6.45) is 2.33. The second-order valence-corrected chi connectivity index (χ2v) is 10.8. The van der Waals surface area contributed by atoms with Gasteiger partial charge in [0.1, 0.15) is 17.1 Å². The maximum absolute atomic E-state index is 13.0. The van der Waals surface area contributed by atoms with E-state index in [0.29, 0.717) is 34.0 Å². The van der Waals surface area contributed by atoms with Crippen molar-refractivity contribution in [2.24, 2.45) is 4.36 Å². The Labute approximate surface area is 199 Å². The van der Waals surface area contributed by atoms with Gasteiger partial charge in [-0.2, -0.15) is 5.10 Å². The van der Waals surface area contributed by atoms with Gasteiger partial charge in [0.25, 0.3) is 0 Å². The molecule has 34 heavy (non-hydrogen) atoms. The molecule has 0 saturated heterocycles. The number of nitrogens with zero attached hydrogens (tertiary/aromatic N) is 3. The largest absolute Gasteiger partial charge is 0.462 e. The Balaban J connectivity index is 1.92. The van der Waals surface area contributed by atoms with E-state index in [4.69, 9.17) is 14.2 Å². The summed E-state index contributed by atoms with van der Waals surface area (Å²) >= 11 is 0. The fourth-order valence-electron chi connectivity index (χ4n) is 3.08. The molecule has 0 bridgehead atoms. The lowest BCUT2D eigenvalue weighted by Crippen LogP contribution is -2.22. The van der Waals surface area contributed by atoms with Gasteiger partial charge in [0.15, 0.2) is 0 Å². The minimum atomic E-state index is -3.01. The van der Waals surface area contributed by atoms with E-state index in [1.54, 1.807) is 68.8 Å². The number of esters is 1. The number of hydrogen-bond donors (Lipinski definition) is 0. The number of amides is 1. The Bertz CT molecular complexity index is 1330. The smallest absolute Gasteiger partial charge is 0.442 e. The van der Waals surface area contributed by atoms with Gasteiger partial charge in [0.2, 0.25) is 0 Å². The second-order valence-electron chi connectivity index (χ2n) is 8.56. The third-order valence-electron chi connectivity index (χ3n) is 4.60. The average Bonchev–Trinajstić information content (AvgIpc) is 3.16. The zero-order chi connectivity index (χ0) is 25.1. The summed E-state index contributed by atoms with van der Waals surface area (Å²) < 4.78 is 34.8. The highest BCUT2D eigenvalue weighted by Gasteiger charge is 2.19. The van der Waals surface area contributed by atoms with E-state index < -0.39 is 27.4 Å². The summed E-state index contributed by atoms with van der Waals surface area (Å²) in [4.78, 5) is 24.7. The number of carbonyl (C=O) groups excluding carboxylic acids is 2. The van der Waals surface area contributed by atoms with Crippen LogP contribution in [0.15, 0.2) is 51.9 Å². The molecule has 1 aromatic heterocycles. The van der Waals surface area contributed by atoms with Gasteiger partial charge in [-0.15, -0.1) is 4.36 Å². The van der Waals surface area contributed by atoms with Crippen molar-refractivity contribution in [1.82, 2.24) is 9.78 Å². The van der Waals surface area contributed by atoms with Crippen LogP contribution in [-0.4, -0.2) is 44.5 Å². The van der Waals surface area contributed by atoms with Gasteiger partial charge in [-0.25, -0.2) is 13.8 Å². The Hall–Kier alpha value is -3.40. The zero-order valence-electron chi connectivity index (χ0n) is 20.2.